The van der Waals surface area contributed by atoms with Crippen LogP contribution in [0.5, 0.6) is 0 Å². The minimum absolute atomic E-state index is 0.229. The summed E-state index contributed by atoms with van der Waals surface area (Å²) in [5, 5.41) is 3.60. The highest BCUT2D eigenvalue weighted by Crippen LogP contribution is 2.54. The van der Waals surface area contributed by atoms with Gasteiger partial charge in [0.15, 0.2) is 0 Å². The highest BCUT2D eigenvalue weighted by Gasteiger charge is 2.45. The van der Waals surface area contributed by atoms with Crippen molar-refractivity contribution in [1.29, 1.82) is 0 Å². The van der Waals surface area contributed by atoms with Crippen molar-refractivity contribution < 1.29 is 13.6 Å². The Morgan fingerprint density at radius 2 is 1.81 bits per heavy atom. The molecule has 2 N–H and O–H groups in total. The third-order valence-electron chi connectivity index (χ3n) is 8.13. The van der Waals surface area contributed by atoms with Crippen molar-refractivity contribution in [2.45, 2.75) is 63.0 Å². The maximum Gasteiger partial charge on any atom is 0.282 e. The first-order valence-electron chi connectivity index (χ1n) is 13.0. The summed E-state index contributed by atoms with van der Waals surface area (Å²) < 4.78 is 30.3. The number of alkyl halides is 2. The number of amides is 1. The number of halogens is 2. The fourth-order valence-electron chi connectivity index (χ4n) is 5.32. The van der Waals surface area contributed by atoms with Crippen molar-refractivity contribution in [1.82, 2.24) is 4.98 Å². The first-order valence-corrected chi connectivity index (χ1v) is 13.9. The van der Waals surface area contributed by atoms with Gasteiger partial charge in [0.1, 0.15) is 11.6 Å². The molecule has 3 heterocycles. The maximum absolute atomic E-state index is 13.5. The molecule has 6 rings (SSSR count). The van der Waals surface area contributed by atoms with E-state index >= 15 is 0 Å². The number of aryl methyl sites for hydroxylation is 1. The first kappa shape index (κ1) is 23.8. The molecular formula is C27H33F2N5OS. The monoisotopic (exact) mass is 513 g/mol. The number of carbonyl (C=O) groups excluding carboxylic acids is 1. The SMILES string of the molecule is Cc1cc(NC(=O)c2ccc(NSC3CCC3)cc2N2CCC3(CC2)CC3)nc(N2CC(F)(F)C2)c1. The average molecular weight is 514 g/mol. The van der Waals surface area contributed by atoms with Gasteiger partial charge in [-0.25, -0.2) is 13.8 Å². The smallest absolute Gasteiger partial charge is 0.282 e. The molecule has 36 heavy (non-hydrogen) atoms. The molecule has 0 bridgehead atoms. The molecule has 4 fully saturated rings. The number of anilines is 4. The minimum Gasteiger partial charge on any atom is -0.371 e. The molecule has 1 aromatic carbocycles. The Morgan fingerprint density at radius 3 is 2.44 bits per heavy atom. The second-order valence-corrected chi connectivity index (χ2v) is 12.2. The lowest BCUT2D eigenvalue weighted by molar-refractivity contribution is -0.0267. The van der Waals surface area contributed by atoms with E-state index in [2.05, 4.69) is 26.0 Å². The number of benzene rings is 1. The molecule has 4 aliphatic rings. The van der Waals surface area contributed by atoms with Crippen molar-refractivity contribution in [3.63, 3.8) is 0 Å². The lowest BCUT2D eigenvalue weighted by atomic mass is 9.93. The number of aromatic nitrogens is 1. The van der Waals surface area contributed by atoms with Crippen LogP contribution in [0.1, 0.15) is 60.9 Å². The number of piperidine rings is 1. The Kier molecular flexibility index (Phi) is 6.01. The lowest BCUT2D eigenvalue weighted by Gasteiger charge is -2.39. The van der Waals surface area contributed by atoms with E-state index in [1.54, 1.807) is 24.1 Å². The number of hydrogen-bond donors (Lipinski definition) is 2. The summed E-state index contributed by atoms with van der Waals surface area (Å²) in [5.74, 6) is -2.05. The summed E-state index contributed by atoms with van der Waals surface area (Å²) in [6, 6.07) is 9.51. The summed E-state index contributed by atoms with van der Waals surface area (Å²) in [6.07, 6.45) is 8.81. The Morgan fingerprint density at radius 1 is 1.06 bits per heavy atom. The molecule has 2 aliphatic heterocycles. The molecule has 2 aromatic rings. The summed E-state index contributed by atoms with van der Waals surface area (Å²) in [6.45, 7) is 3.10. The molecule has 2 saturated carbocycles. The van der Waals surface area contributed by atoms with Crippen LogP contribution >= 0.6 is 11.9 Å². The first-order chi connectivity index (χ1) is 17.3. The zero-order chi connectivity index (χ0) is 24.9. The van der Waals surface area contributed by atoms with Gasteiger partial charge in [0.25, 0.3) is 11.8 Å². The third-order valence-corrected chi connectivity index (χ3v) is 9.28. The highest BCUT2D eigenvalue weighted by molar-refractivity contribution is 8.01. The van der Waals surface area contributed by atoms with E-state index in [0.717, 1.165) is 30.0 Å². The van der Waals surface area contributed by atoms with Crippen molar-refractivity contribution >= 4 is 40.9 Å². The van der Waals surface area contributed by atoms with Crippen LogP contribution in [0.25, 0.3) is 0 Å². The van der Waals surface area contributed by atoms with Crippen LogP contribution < -0.4 is 19.8 Å². The zero-order valence-corrected chi connectivity index (χ0v) is 21.5. The molecule has 6 nitrogen and oxygen atoms in total. The fourth-order valence-corrected chi connectivity index (χ4v) is 6.32. The molecule has 0 radical (unpaired) electrons. The van der Waals surface area contributed by atoms with Crippen molar-refractivity contribution in [3.05, 3.63) is 41.5 Å². The quantitative estimate of drug-likeness (QED) is 0.437. The molecule has 1 aromatic heterocycles. The van der Waals surface area contributed by atoms with E-state index < -0.39 is 5.92 Å². The van der Waals surface area contributed by atoms with Gasteiger partial charge < -0.3 is 19.8 Å². The molecule has 192 valence electrons. The van der Waals surface area contributed by atoms with Crippen LogP contribution in [0, 0.1) is 12.3 Å². The fraction of sp³-hybridized carbons (Fsp3) is 0.556. The number of nitrogens with one attached hydrogen (secondary N) is 2. The topological polar surface area (TPSA) is 60.5 Å². The summed E-state index contributed by atoms with van der Waals surface area (Å²) in [4.78, 5) is 21.8. The second-order valence-electron chi connectivity index (χ2n) is 11.0. The van der Waals surface area contributed by atoms with Crippen molar-refractivity contribution in [2.75, 3.05) is 46.0 Å². The normalized spacial score (nSPS) is 22.1. The van der Waals surface area contributed by atoms with Gasteiger partial charge in [-0.15, -0.1) is 0 Å². The Balaban J connectivity index is 1.22. The predicted molar refractivity (Wildman–Crippen MR) is 142 cm³/mol. The van der Waals surface area contributed by atoms with Crippen molar-refractivity contribution in [2.24, 2.45) is 5.41 Å². The average Bonchev–Trinajstić information content (AvgIpc) is 3.55. The lowest BCUT2D eigenvalue weighted by Crippen LogP contribution is -2.56. The molecule has 0 unspecified atom stereocenters. The minimum atomic E-state index is -2.68. The van der Waals surface area contributed by atoms with Gasteiger partial charge in [-0.3, -0.25) is 4.79 Å². The number of rotatable bonds is 7. The van der Waals surface area contributed by atoms with E-state index in [4.69, 9.17) is 0 Å². The standard InChI is InChI=1S/C27H33F2N5OS/c1-18-13-23(30-24(14-18)34-16-27(28,29)17-34)31-25(35)21-6-5-19(32-36-20-3-2-4-20)15-22(21)33-11-9-26(7-8-26)10-12-33/h5-6,13-15,20,32H,2-4,7-12,16-17H2,1H3,(H,30,31,35). The van der Waals surface area contributed by atoms with Crippen LogP contribution in [-0.2, 0) is 0 Å². The van der Waals surface area contributed by atoms with Crippen LogP contribution in [0.4, 0.5) is 31.8 Å². The summed E-state index contributed by atoms with van der Waals surface area (Å²) in [5.41, 5.74) is 3.98. The number of pyridine rings is 1. The number of nitrogens with zero attached hydrogens (tertiary/aromatic N) is 3. The van der Waals surface area contributed by atoms with E-state index in [1.807, 2.05) is 19.1 Å². The van der Waals surface area contributed by atoms with Gasteiger partial charge in [0.05, 0.1) is 24.3 Å². The van der Waals surface area contributed by atoms with Gasteiger partial charge in [-0.1, -0.05) is 6.42 Å². The summed E-state index contributed by atoms with van der Waals surface area (Å²) in [7, 11) is 0. The van der Waals surface area contributed by atoms with E-state index in [-0.39, 0.29) is 19.0 Å². The van der Waals surface area contributed by atoms with Gasteiger partial charge in [-0.2, -0.15) is 0 Å². The number of carbonyl (C=O) groups is 1. The Hall–Kier alpha value is -2.55. The highest BCUT2D eigenvalue weighted by atomic mass is 32.2. The maximum atomic E-state index is 13.5. The van der Waals surface area contributed by atoms with Gasteiger partial charge in [0, 0.05) is 24.0 Å². The molecule has 0 atom stereocenters. The van der Waals surface area contributed by atoms with Gasteiger partial charge >= 0.3 is 0 Å². The van der Waals surface area contributed by atoms with E-state index in [0.29, 0.717) is 27.9 Å². The number of hydrogen-bond acceptors (Lipinski definition) is 6. The van der Waals surface area contributed by atoms with E-state index in [9.17, 15) is 13.6 Å². The van der Waals surface area contributed by atoms with Crippen LogP contribution in [0.15, 0.2) is 30.3 Å². The predicted octanol–water partition coefficient (Wildman–Crippen LogP) is 6.09. The van der Waals surface area contributed by atoms with Gasteiger partial charge in [-0.05, 0) is 98.7 Å². The van der Waals surface area contributed by atoms with Crippen LogP contribution in [0.3, 0.4) is 0 Å². The molecular weight excluding hydrogens is 480 g/mol. The summed E-state index contributed by atoms with van der Waals surface area (Å²) >= 11 is 1.77. The molecule has 1 spiro atoms. The molecule has 2 aliphatic carbocycles. The van der Waals surface area contributed by atoms with Gasteiger partial charge in [0.2, 0.25) is 0 Å². The zero-order valence-electron chi connectivity index (χ0n) is 20.7. The largest absolute Gasteiger partial charge is 0.371 e. The third kappa shape index (κ3) is 4.99. The van der Waals surface area contributed by atoms with Crippen LogP contribution in [0.2, 0.25) is 0 Å². The second kappa shape index (κ2) is 9.08. The molecule has 2 saturated heterocycles. The Labute approximate surface area is 215 Å². The molecule has 1 amide bonds. The van der Waals surface area contributed by atoms with Crippen molar-refractivity contribution in [3.8, 4) is 0 Å². The van der Waals surface area contributed by atoms with E-state index in [1.165, 1.54) is 49.8 Å². The Bertz CT molecular complexity index is 1150. The van der Waals surface area contributed by atoms with Crippen LogP contribution in [-0.4, -0.2) is 48.2 Å². The molecule has 9 heteroatoms.